The quantitative estimate of drug-likeness (QED) is 0.796. The van der Waals surface area contributed by atoms with E-state index < -0.39 is 0 Å². The molecule has 1 atom stereocenters. The first kappa shape index (κ1) is 19.4. The highest BCUT2D eigenvalue weighted by molar-refractivity contribution is 5.79. The Morgan fingerprint density at radius 3 is 2.61 bits per heavy atom. The van der Waals surface area contributed by atoms with Crippen LogP contribution in [0.4, 0.5) is 0 Å². The maximum Gasteiger partial charge on any atom is 0.227 e. The summed E-state index contributed by atoms with van der Waals surface area (Å²) >= 11 is 0. The normalized spacial score (nSPS) is 25.9. The molecular formula is C22H31N3O3. The van der Waals surface area contributed by atoms with E-state index in [1.54, 1.807) is 0 Å². The van der Waals surface area contributed by atoms with Crippen LogP contribution in [0.1, 0.15) is 31.2 Å². The summed E-state index contributed by atoms with van der Waals surface area (Å²) in [5.41, 5.74) is 0.829. The number of hydrogen-bond acceptors (Lipinski definition) is 4. The number of piperidine rings is 1. The average molecular weight is 386 g/mol. The molecule has 4 rings (SSSR count). The third-order valence-electron chi connectivity index (χ3n) is 6.50. The first-order chi connectivity index (χ1) is 13.5. The molecule has 1 aromatic carbocycles. The van der Waals surface area contributed by atoms with E-state index in [1.165, 1.54) is 0 Å². The maximum absolute atomic E-state index is 12.8. The van der Waals surface area contributed by atoms with Crippen molar-refractivity contribution in [1.82, 2.24) is 14.7 Å². The van der Waals surface area contributed by atoms with E-state index in [1.807, 2.05) is 28.0 Å². The maximum atomic E-state index is 12.8. The zero-order valence-corrected chi connectivity index (χ0v) is 16.8. The molecule has 0 aliphatic carbocycles. The van der Waals surface area contributed by atoms with Crippen molar-refractivity contribution in [3.8, 4) is 0 Å². The molecule has 152 valence electrons. The van der Waals surface area contributed by atoms with E-state index in [0.29, 0.717) is 32.0 Å². The summed E-state index contributed by atoms with van der Waals surface area (Å²) in [6.07, 6.45) is 3.01. The molecule has 3 aliphatic heterocycles. The molecule has 6 nitrogen and oxygen atoms in total. The highest BCUT2D eigenvalue weighted by atomic mass is 16.5. The summed E-state index contributed by atoms with van der Waals surface area (Å²) in [5, 5.41) is 0. The number of carbonyl (C=O) groups excluding carboxylic acids is 2. The molecule has 3 fully saturated rings. The summed E-state index contributed by atoms with van der Waals surface area (Å²) in [4.78, 5) is 31.6. The van der Waals surface area contributed by atoms with Crippen LogP contribution < -0.4 is 0 Å². The minimum absolute atomic E-state index is 0.144. The molecule has 1 spiro atoms. The van der Waals surface area contributed by atoms with Crippen molar-refractivity contribution in [2.45, 2.75) is 37.8 Å². The zero-order chi connectivity index (χ0) is 19.6. The second-order valence-corrected chi connectivity index (χ2v) is 8.59. The fourth-order valence-electron chi connectivity index (χ4n) is 4.77. The minimum Gasteiger partial charge on any atom is -0.372 e. The van der Waals surface area contributed by atoms with Crippen LogP contribution in [-0.2, 0) is 20.9 Å². The van der Waals surface area contributed by atoms with Crippen LogP contribution in [0.2, 0.25) is 0 Å². The Hall–Kier alpha value is -1.92. The van der Waals surface area contributed by atoms with Gasteiger partial charge in [0.05, 0.1) is 31.1 Å². The number of ether oxygens (including phenoxy) is 1. The molecule has 1 aromatic rings. The predicted octanol–water partition coefficient (Wildman–Crippen LogP) is 1.75. The molecule has 0 bridgehead atoms. The number of hydrogen-bond donors (Lipinski definition) is 0. The van der Waals surface area contributed by atoms with Crippen LogP contribution in [-0.4, -0.2) is 78.5 Å². The van der Waals surface area contributed by atoms with Gasteiger partial charge >= 0.3 is 0 Å². The van der Waals surface area contributed by atoms with E-state index in [2.05, 4.69) is 24.1 Å². The standard InChI is InChI=1S/C22H31N3O3/c1-23-11-7-19(16-23)21(27)24-12-9-22(10-13-24)17-25(20(26)8-14-28-22)15-18-5-3-2-4-6-18/h2-6,19H,7-17H2,1H3. The fraction of sp³-hybridized carbons (Fsp3) is 0.636. The van der Waals surface area contributed by atoms with Crippen molar-refractivity contribution in [2.75, 3.05) is 46.4 Å². The van der Waals surface area contributed by atoms with Crippen molar-refractivity contribution in [2.24, 2.45) is 5.92 Å². The number of nitrogens with zero attached hydrogens (tertiary/aromatic N) is 3. The van der Waals surface area contributed by atoms with Crippen LogP contribution in [0.15, 0.2) is 30.3 Å². The summed E-state index contributed by atoms with van der Waals surface area (Å²) in [7, 11) is 2.08. The van der Waals surface area contributed by atoms with Crippen molar-refractivity contribution >= 4 is 11.8 Å². The molecule has 1 unspecified atom stereocenters. The molecular weight excluding hydrogens is 354 g/mol. The zero-order valence-electron chi connectivity index (χ0n) is 16.8. The number of carbonyl (C=O) groups is 2. The molecule has 6 heteroatoms. The Kier molecular flexibility index (Phi) is 5.69. The summed E-state index contributed by atoms with van der Waals surface area (Å²) in [6.45, 7) is 5.06. The van der Waals surface area contributed by atoms with Gasteiger partial charge in [0.25, 0.3) is 0 Å². The van der Waals surface area contributed by atoms with Crippen LogP contribution in [0.5, 0.6) is 0 Å². The van der Waals surface area contributed by atoms with Gasteiger partial charge in [-0.15, -0.1) is 0 Å². The third kappa shape index (κ3) is 4.23. The average Bonchev–Trinajstić information content (AvgIpc) is 3.08. The van der Waals surface area contributed by atoms with Gasteiger partial charge in [-0.05, 0) is 38.4 Å². The van der Waals surface area contributed by atoms with Crippen LogP contribution >= 0.6 is 0 Å². The van der Waals surface area contributed by atoms with Crippen LogP contribution in [0.25, 0.3) is 0 Å². The van der Waals surface area contributed by atoms with Gasteiger partial charge in [-0.3, -0.25) is 9.59 Å². The Bertz CT molecular complexity index is 700. The van der Waals surface area contributed by atoms with E-state index in [0.717, 1.165) is 51.0 Å². The Morgan fingerprint density at radius 1 is 1.18 bits per heavy atom. The van der Waals surface area contributed by atoms with Crippen LogP contribution in [0, 0.1) is 5.92 Å². The number of rotatable bonds is 3. The number of likely N-dealkylation sites (tertiary alicyclic amines) is 2. The second-order valence-electron chi connectivity index (χ2n) is 8.59. The Morgan fingerprint density at radius 2 is 1.93 bits per heavy atom. The molecule has 0 radical (unpaired) electrons. The van der Waals surface area contributed by atoms with Gasteiger partial charge in [0.1, 0.15) is 0 Å². The molecule has 3 aliphatic rings. The van der Waals surface area contributed by atoms with Gasteiger partial charge < -0.3 is 19.4 Å². The minimum atomic E-state index is -0.315. The summed E-state index contributed by atoms with van der Waals surface area (Å²) < 4.78 is 6.23. The van der Waals surface area contributed by atoms with E-state index in [9.17, 15) is 9.59 Å². The molecule has 2 amide bonds. The summed E-state index contributed by atoms with van der Waals surface area (Å²) in [5.74, 6) is 0.600. The molecule has 28 heavy (non-hydrogen) atoms. The van der Waals surface area contributed by atoms with Crippen LogP contribution in [0.3, 0.4) is 0 Å². The highest BCUT2D eigenvalue weighted by Gasteiger charge is 2.42. The van der Waals surface area contributed by atoms with Crippen molar-refractivity contribution in [1.29, 1.82) is 0 Å². The van der Waals surface area contributed by atoms with Gasteiger partial charge in [-0.1, -0.05) is 30.3 Å². The molecule has 0 aromatic heterocycles. The van der Waals surface area contributed by atoms with Gasteiger partial charge in [-0.25, -0.2) is 0 Å². The SMILES string of the molecule is CN1CCC(C(=O)N2CCC3(CC2)CN(Cc2ccccc2)C(=O)CCO3)C1. The second kappa shape index (κ2) is 8.21. The lowest BCUT2D eigenvalue weighted by Crippen LogP contribution is -2.53. The van der Waals surface area contributed by atoms with Gasteiger partial charge in [0.15, 0.2) is 0 Å². The number of amides is 2. The molecule has 3 saturated heterocycles. The largest absolute Gasteiger partial charge is 0.372 e. The highest BCUT2D eigenvalue weighted by Crippen LogP contribution is 2.32. The lowest BCUT2D eigenvalue weighted by molar-refractivity contribution is -0.143. The fourth-order valence-corrected chi connectivity index (χ4v) is 4.77. The van der Waals surface area contributed by atoms with Crippen molar-refractivity contribution in [3.63, 3.8) is 0 Å². The lowest BCUT2D eigenvalue weighted by atomic mass is 9.89. The molecule has 0 N–H and O–H groups in total. The first-order valence-electron chi connectivity index (χ1n) is 10.5. The Labute approximate surface area is 167 Å². The lowest BCUT2D eigenvalue weighted by Gasteiger charge is -2.43. The third-order valence-corrected chi connectivity index (χ3v) is 6.50. The van der Waals surface area contributed by atoms with E-state index in [-0.39, 0.29) is 17.4 Å². The monoisotopic (exact) mass is 385 g/mol. The number of benzene rings is 1. The van der Waals surface area contributed by atoms with Gasteiger partial charge in [0, 0.05) is 26.2 Å². The summed E-state index contributed by atoms with van der Waals surface area (Å²) in [6, 6.07) is 10.1. The topological polar surface area (TPSA) is 53.1 Å². The smallest absolute Gasteiger partial charge is 0.227 e. The molecule has 0 saturated carbocycles. The first-order valence-corrected chi connectivity index (χ1v) is 10.5. The predicted molar refractivity (Wildman–Crippen MR) is 107 cm³/mol. The van der Waals surface area contributed by atoms with Gasteiger partial charge in [-0.2, -0.15) is 0 Å². The van der Waals surface area contributed by atoms with E-state index >= 15 is 0 Å². The van der Waals surface area contributed by atoms with Gasteiger partial charge in [0.2, 0.25) is 11.8 Å². The Balaban J connectivity index is 1.39. The van der Waals surface area contributed by atoms with Crippen molar-refractivity contribution in [3.05, 3.63) is 35.9 Å². The van der Waals surface area contributed by atoms with Crippen molar-refractivity contribution < 1.29 is 14.3 Å². The molecule has 3 heterocycles. The van der Waals surface area contributed by atoms with E-state index in [4.69, 9.17) is 4.74 Å².